The van der Waals surface area contributed by atoms with Crippen LogP contribution < -0.4 is 5.32 Å². The number of piperidine rings is 1. The van der Waals surface area contributed by atoms with Gasteiger partial charge in [0.25, 0.3) is 0 Å². The van der Waals surface area contributed by atoms with Gasteiger partial charge in [0.1, 0.15) is 6.10 Å². The Morgan fingerprint density at radius 1 is 1.57 bits per heavy atom. The molecule has 1 saturated heterocycles. The number of hydrogen-bond acceptors (Lipinski definition) is 3. The van der Waals surface area contributed by atoms with E-state index in [2.05, 4.69) is 23.7 Å². The lowest BCUT2D eigenvalue weighted by Crippen LogP contribution is -2.38. The Labute approximate surface area is 89.0 Å². The molecule has 0 spiro atoms. The molecule has 0 aliphatic carbocycles. The largest absolute Gasteiger partial charge is 0.386 e. The Hall–Kier alpha value is -0.380. The molecule has 0 amide bonds. The van der Waals surface area contributed by atoms with Crippen LogP contribution in [0.15, 0.2) is 11.4 Å². The van der Waals surface area contributed by atoms with Crippen molar-refractivity contribution in [2.24, 2.45) is 0 Å². The third-order valence-electron chi connectivity index (χ3n) is 2.90. The van der Waals surface area contributed by atoms with Crippen LogP contribution in [0.1, 0.15) is 35.8 Å². The average Bonchev–Trinajstić information content (AvgIpc) is 2.65. The van der Waals surface area contributed by atoms with Crippen molar-refractivity contribution in [2.75, 3.05) is 6.54 Å². The molecule has 2 N–H and O–H groups in total. The van der Waals surface area contributed by atoms with Gasteiger partial charge < -0.3 is 10.4 Å². The van der Waals surface area contributed by atoms with Gasteiger partial charge in [-0.2, -0.15) is 0 Å². The highest BCUT2D eigenvalue weighted by molar-refractivity contribution is 7.10. The lowest BCUT2D eigenvalue weighted by molar-refractivity contribution is 0.116. The summed E-state index contributed by atoms with van der Waals surface area (Å²) in [5.41, 5.74) is 1.22. The highest BCUT2D eigenvalue weighted by Gasteiger charge is 2.24. The molecule has 2 unspecified atom stereocenters. The number of nitrogens with one attached hydrogen (secondary N) is 1. The lowest BCUT2D eigenvalue weighted by Gasteiger charge is -2.27. The summed E-state index contributed by atoms with van der Waals surface area (Å²) in [4.78, 5) is 1.13. The standard InChI is InChI=1S/C11H17NOS/c1-8-5-7-14-11(8)10(13)9-4-2-3-6-12-9/h5,7,9-10,12-13H,2-4,6H2,1H3. The van der Waals surface area contributed by atoms with Crippen molar-refractivity contribution in [3.63, 3.8) is 0 Å². The highest BCUT2D eigenvalue weighted by Crippen LogP contribution is 2.29. The summed E-state index contributed by atoms with van der Waals surface area (Å²) in [6.07, 6.45) is 3.26. The van der Waals surface area contributed by atoms with Crippen LogP contribution in [0.5, 0.6) is 0 Å². The van der Waals surface area contributed by atoms with Gasteiger partial charge in [-0.15, -0.1) is 11.3 Å². The maximum Gasteiger partial charge on any atom is 0.104 e. The molecule has 78 valence electrons. The summed E-state index contributed by atoms with van der Waals surface area (Å²) >= 11 is 1.66. The summed E-state index contributed by atoms with van der Waals surface area (Å²) in [5, 5.41) is 15.6. The summed E-state index contributed by atoms with van der Waals surface area (Å²) < 4.78 is 0. The summed E-state index contributed by atoms with van der Waals surface area (Å²) in [7, 11) is 0. The van der Waals surface area contributed by atoms with E-state index < -0.39 is 0 Å². The Bertz CT molecular complexity index is 291. The minimum absolute atomic E-state index is 0.265. The second kappa shape index (κ2) is 4.43. The van der Waals surface area contributed by atoms with E-state index in [0.717, 1.165) is 17.8 Å². The minimum Gasteiger partial charge on any atom is -0.386 e. The molecule has 2 atom stereocenters. The lowest BCUT2D eigenvalue weighted by atomic mass is 9.98. The first kappa shape index (κ1) is 10.1. The molecular formula is C11H17NOS. The van der Waals surface area contributed by atoms with E-state index in [4.69, 9.17) is 0 Å². The topological polar surface area (TPSA) is 32.3 Å². The molecular weight excluding hydrogens is 194 g/mol. The molecule has 1 aliphatic rings. The van der Waals surface area contributed by atoms with Gasteiger partial charge in [-0.05, 0) is 43.3 Å². The molecule has 0 bridgehead atoms. The van der Waals surface area contributed by atoms with Gasteiger partial charge in [0, 0.05) is 10.9 Å². The molecule has 14 heavy (non-hydrogen) atoms. The zero-order valence-electron chi connectivity index (χ0n) is 8.49. The first-order valence-corrected chi connectivity index (χ1v) is 6.12. The van der Waals surface area contributed by atoms with Gasteiger partial charge in [0.2, 0.25) is 0 Å². The minimum atomic E-state index is -0.310. The second-order valence-electron chi connectivity index (χ2n) is 3.97. The number of aryl methyl sites for hydroxylation is 1. The fraction of sp³-hybridized carbons (Fsp3) is 0.636. The molecule has 0 radical (unpaired) electrons. The molecule has 2 rings (SSSR count). The SMILES string of the molecule is Cc1ccsc1C(O)C1CCCCN1. The van der Waals surface area contributed by atoms with Gasteiger partial charge in [0.15, 0.2) is 0 Å². The van der Waals surface area contributed by atoms with E-state index in [-0.39, 0.29) is 12.1 Å². The quantitative estimate of drug-likeness (QED) is 0.786. The maximum absolute atomic E-state index is 10.2. The number of rotatable bonds is 2. The van der Waals surface area contributed by atoms with E-state index in [1.54, 1.807) is 11.3 Å². The average molecular weight is 211 g/mol. The van der Waals surface area contributed by atoms with Crippen molar-refractivity contribution in [1.29, 1.82) is 0 Å². The molecule has 1 fully saturated rings. The molecule has 2 heterocycles. The second-order valence-corrected chi connectivity index (χ2v) is 4.92. The Kier molecular flexibility index (Phi) is 3.21. The van der Waals surface area contributed by atoms with Gasteiger partial charge >= 0.3 is 0 Å². The molecule has 1 aromatic rings. The van der Waals surface area contributed by atoms with Gasteiger partial charge in [-0.3, -0.25) is 0 Å². The van der Waals surface area contributed by atoms with Gasteiger partial charge in [-0.1, -0.05) is 6.42 Å². The smallest absolute Gasteiger partial charge is 0.104 e. The fourth-order valence-corrected chi connectivity index (χ4v) is 2.99. The number of aliphatic hydroxyl groups excluding tert-OH is 1. The summed E-state index contributed by atoms with van der Waals surface area (Å²) in [6.45, 7) is 3.12. The van der Waals surface area contributed by atoms with Crippen molar-refractivity contribution in [3.8, 4) is 0 Å². The van der Waals surface area contributed by atoms with Crippen LogP contribution in [0.2, 0.25) is 0 Å². The molecule has 0 aromatic carbocycles. The number of hydrogen-bond donors (Lipinski definition) is 2. The first-order chi connectivity index (χ1) is 6.79. The third kappa shape index (κ3) is 2.00. The number of aliphatic hydroxyl groups is 1. The van der Waals surface area contributed by atoms with Gasteiger partial charge in [0.05, 0.1) is 0 Å². The van der Waals surface area contributed by atoms with Gasteiger partial charge in [-0.25, -0.2) is 0 Å². The monoisotopic (exact) mass is 211 g/mol. The zero-order chi connectivity index (χ0) is 9.97. The summed E-state index contributed by atoms with van der Waals surface area (Å²) in [5.74, 6) is 0. The molecule has 1 aliphatic heterocycles. The Morgan fingerprint density at radius 2 is 2.43 bits per heavy atom. The van der Waals surface area contributed by atoms with E-state index >= 15 is 0 Å². The van der Waals surface area contributed by atoms with Crippen LogP contribution >= 0.6 is 11.3 Å². The predicted octanol–water partition coefficient (Wildman–Crippen LogP) is 2.23. The van der Waals surface area contributed by atoms with Crippen LogP contribution in [-0.4, -0.2) is 17.7 Å². The van der Waals surface area contributed by atoms with E-state index in [0.29, 0.717) is 0 Å². The fourth-order valence-electron chi connectivity index (χ4n) is 2.02. The number of thiophene rings is 1. The van der Waals surface area contributed by atoms with E-state index in [1.807, 2.05) is 0 Å². The van der Waals surface area contributed by atoms with Crippen LogP contribution in [0, 0.1) is 6.92 Å². The normalized spacial score (nSPS) is 24.9. The van der Waals surface area contributed by atoms with Crippen molar-refractivity contribution in [1.82, 2.24) is 5.32 Å². The van der Waals surface area contributed by atoms with Crippen LogP contribution in [0.25, 0.3) is 0 Å². The maximum atomic E-state index is 10.2. The van der Waals surface area contributed by atoms with Crippen LogP contribution in [0.3, 0.4) is 0 Å². The van der Waals surface area contributed by atoms with Crippen molar-refractivity contribution >= 4 is 11.3 Å². The zero-order valence-corrected chi connectivity index (χ0v) is 9.31. The highest BCUT2D eigenvalue weighted by atomic mass is 32.1. The first-order valence-electron chi connectivity index (χ1n) is 5.24. The molecule has 1 aromatic heterocycles. The Morgan fingerprint density at radius 3 is 3.00 bits per heavy atom. The molecule has 2 nitrogen and oxygen atoms in total. The van der Waals surface area contributed by atoms with Crippen LogP contribution in [0.4, 0.5) is 0 Å². The van der Waals surface area contributed by atoms with E-state index in [1.165, 1.54) is 18.4 Å². The molecule has 0 saturated carbocycles. The predicted molar refractivity (Wildman–Crippen MR) is 59.7 cm³/mol. The van der Waals surface area contributed by atoms with E-state index in [9.17, 15) is 5.11 Å². The van der Waals surface area contributed by atoms with Crippen molar-refractivity contribution in [2.45, 2.75) is 38.3 Å². The van der Waals surface area contributed by atoms with Crippen molar-refractivity contribution in [3.05, 3.63) is 21.9 Å². The Balaban J connectivity index is 2.07. The van der Waals surface area contributed by atoms with Crippen LogP contribution in [-0.2, 0) is 0 Å². The third-order valence-corrected chi connectivity index (χ3v) is 3.99. The molecule has 3 heteroatoms. The summed E-state index contributed by atoms with van der Waals surface area (Å²) in [6, 6.07) is 2.34. The van der Waals surface area contributed by atoms with Crippen molar-refractivity contribution < 1.29 is 5.11 Å².